The number of likely N-dealkylation sites (tertiary alicyclic amines) is 1. The largest absolute Gasteiger partial charge is 0.497 e. The number of rotatable bonds is 6. The second-order valence-corrected chi connectivity index (χ2v) is 10.6. The lowest BCUT2D eigenvalue weighted by atomic mass is 9.98. The highest BCUT2D eigenvalue weighted by atomic mass is 32.2. The number of nitrogens with zero attached hydrogens (tertiary/aromatic N) is 3. The molecule has 0 bridgehead atoms. The Balaban J connectivity index is 1.41. The third-order valence-corrected chi connectivity index (χ3v) is 9.00. The van der Waals surface area contributed by atoms with Gasteiger partial charge in [0.1, 0.15) is 5.75 Å². The van der Waals surface area contributed by atoms with Gasteiger partial charge in [-0.15, -0.1) is 11.3 Å². The summed E-state index contributed by atoms with van der Waals surface area (Å²) in [6.45, 7) is 1.76. The van der Waals surface area contributed by atoms with E-state index in [-0.39, 0.29) is 12.0 Å². The van der Waals surface area contributed by atoms with E-state index in [2.05, 4.69) is 5.38 Å². The number of aromatic nitrogens is 1. The van der Waals surface area contributed by atoms with E-state index in [9.17, 15) is 13.2 Å². The molecule has 30 heavy (non-hydrogen) atoms. The Labute approximate surface area is 181 Å². The van der Waals surface area contributed by atoms with Crippen LogP contribution < -0.4 is 4.74 Å². The van der Waals surface area contributed by atoms with Crippen molar-refractivity contribution in [1.29, 1.82) is 0 Å². The summed E-state index contributed by atoms with van der Waals surface area (Å²) in [5.74, 6) is 0.901. The molecule has 1 amide bonds. The van der Waals surface area contributed by atoms with Crippen LogP contribution in [0.4, 0.5) is 0 Å². The molecular formula is C21H27N3O4S2. The number of hydrogen-bond acceptors (Lipinski definition) is 6. The van der Waals surface area contributed by atoms with Crippen molar-refractivity contribution in [3.8, 4) is 5.75 Å². The van der Waals surface area contributed by atoms with Gasteiger partial charge in [-0.1, -0.05) is 0 Å². The number of sulfonamides is 1. The summed E-state index contributed by atoms with van der Waals surface area (Å²) in [4.78, 5) is 18.4. The van der Waals surface area contributed by atoms with Crippen LogP contribution in [0, 0.1) is 0 Å². The standard InChI is InChI=1S/C21H27N3O4S2/c1-28-17-5-7-18(8-6-17)30(26,27)24-12-9-16(10-13-24)21-22-19(14-29-21)20-4-2-3-11-23(20)15-25/h5-8,14-16,20H,2-4,9-13H2,1H3. The van der Waals surface area contributed by atoms with Gasteiger partial charge in [-0.05, 0) is 56.4 Å². The Bertz CT molecular complexity index is 966. The van der Waals surface area contributed by atoms with Gasteiger partial charge in [-0.2, -0.15) is 4.31 Å². The minimum absolute atomic E-state index is 0.0804. The lowest BCUT2D eigenvalue weighted by Crippen LogP contribution is -2.37. The summed E-state index contributed by atoms with van der Waals surface area (Å²) < 4.78 is 32.6. The molecule has 2 fully saturated rings. The average molecular weight is 450 g/mol. The van der Waals surface area contributed by atoms with Gasteiger partial charge in [0.2, 0.25) is 16.4 Å². The summed E-state index contributed by atoms with van der Waals surface area (Å²) in [6, 6.07) is 6.61. The van der Waals surface area contributed by atoms with Crippen molar-refractivity contribution in [2.45, 2.75) is 49.0 Å². The van der Waals surface area contributed by atoms with Gasteiger partial charge in [0, 0.05) is 30.9 Å². The van der Waals surface area contributed by atoms with Crippen LogP contribution in [-0.2, 0) is 14.8 Å². The summed E-state index contributed by atoms with van der Waals surface area (Å²) >= 11 is 1.64. The van der Waals surface area contributed by atoms with E-state index in [1.165, 1.54) is 0 Å². The van der Waals surface area contributed by atoms with Gasteiger partial charge in [0.05, 0.1) is 28.7 Å². The first kappa shape index (κ1) is 21.3. The molecule has 0 spiro atoms. The van der Waals surface area contributed by atoms with E-state index in [0.29, 0.717) is 23.7 Å². The minimum atomic E-state index is -3.50. The maximum atomic E-state index is 12.9. The Morgan fingerprint density at radius 1 is 1.10 bits per heavy atom. The third kappa shape index (κ3) is 4.24. The number of amides is 1. The predicted octanol–water partition coefficient (Wildman–Crippen LogP) is 3.40. The number of benzene rings is 1. The van der Waals surface area contributed by atoms with Crippen LogP contribution in [0.15, 0.2) is 34.5 Å². The monoisotopic (exact) mass is 449 g/mol. The van der Waals surface area contributed by atoms with E-state index in [1.54, 1.807) is 47.0 Å². The molecule has 7 nitrogen and oxygen atoms in total. The van der Waals surface area contributed by atoms with Gasteiger partial charge < -0.3 is 9.64 Å². The molecular weight excluding hydrogens is 422 g/mol. The summed E-state index contributed by atoms with van der Waals surface area (Å²) in [6.07, 6.45) is 5.57. The van der Waals surface area contributed by atoms with Crippen molar-refractivity contribution in [3.05, 3.63) is 40.3 Å². The molecule has 0 radical (unpaired) electrons. The summed E-state index contributed by atoms with van der Waals surface area (Å²) in [5, 5.41) is 3.13. The Hall–Kier alpha value is -1.97. The number of methoxy groups -OCH3 is 1. The highest BCUT2D eigenvalue weighted by Gasteiger charge is 2.32. The molecule has 4 rings (SSSR count). The molecule has 2 saturated heterocycles. The van der Waals surface area contributed by atoms with Crippen LogP contribution in [-0.4, -0.2) is 55.8 Å². The van der Waals surface area contributed by atoms with E-state index in [4.69, 9.17) is 9.72 Å². The first-order valence-electron chi connectivity index (χ1n) is 10.3. The minimum Gasteiger partial charge on any atom is -0.497 e. The summed E-state index contributed by atoms with van der Waals surface area (Å²) in [5.41, 5.74) is 0.982. The van der Waals surface area contributed by atoms with Crippen molar-refractivity contribution in [2.75, 3.05) is 26.7 Å². The van der Waals surface area contributed by atoms with Crippen LogP contribution in [0.5, 0.6) is 5.75 Å². The van der Waals surface area contributed by atoms with Crippen molar-refractivity contribution >= 4 is 27.8 Å². The molecule has 2 aliphatic heterocycles. The molecule has 1 atom stereocenters. The fourth-order valence-corrected chi connectivity index (χ4v) is 6.79. The van der Waals surface area contributed by atoms with E-state index in [1.807, 2.05) is 4.90 Å². The summed E-state index contributed by atoms with van der Waals surface area (Å²) in [7, 11) is -1.94. The number of carbonyl (C=O) groups excluding carboxylic acids is 1. The highest BCUT2D eigenvalue weighted by molar-refractivity contribution is 7.89. The zero-order chi connectivity index (χ0) is 21.1. The van der Waals surface area contributed by atoms with Gasteiger partial charge >= 0.3 is 0 Å². The number of hydrogen-bond donors (Lipinski definition) is 0. The SMILES string of the molecule is COc1ccc(S(=O)(=O)N2CCC(c3nc(C4CCCCN4C=O)cs3)CC2)cc1. The Morgan fingerprint density at radius 3 is 2.50 bits per heavy atom. The molecule has 1 aromatic heterocycles. The quantitative estimate of drug-likeness (QED) is 0.632. The molecule has 3 heterocycles. The predicted molar refractivity (Wildman–Crippen MR) is 115 cm³/mol. The van der Waals surface area contributed by atoms with Gasteiger partial charge in [-0.3, -0.25) is 4.79 Å². The zero-order valence-corrected chi connectivity index (χ0v) is 18.7. The molecule has 2 aliphatic rings. The van der Waals surface area contributed by atoms with Crippen LogP contribution in [0.1, 0.15) is 54.8 Å². The number of thiazole rings is 1. The highest BCUT2D eigenvalue weighted by Crippen LogP contribution is 2.36. The van der Waals surface area contributed by atoms with Crippen molar-refractivity contribution in [2.24, 2.45) is 0 Å². The number of ether oxygens (including phenoxy) is 1. The third-order valence-electron chi connectivity index (χ3n) is 6.06. The Morgan fingerprint density at radius 2 is 1.83 bits per heavy atom. The van der Waals surface area contributed by atoms with Gasteiger partial charge in [0.25, 0.3) is 0 Å². The molecule has 162 valence electrons. The zero-order valence-electron chi connectivity index (χ0n) is 17.1. The van der Waals surface area contributed by atoms with Crippen molar-refractivity contribution < 1.29 is 17.9 Å². The molecule has 9 heteroatoms. The van der Waals surface area contributed by atoms with Crippen LogP contribution >= 0.6 is 11.3 Å². The molecule has 0 saturated carbocycles. The smallest absolute Gasteiger partial charge is 0.243 e. The van der Waals surface area contributed by atoms with Crippen molar-refractivity contribution in [3.63, 3.8) is 0 Å². The van der Waals surface area contributed by atoms with E-state index < -0.39 is 10.0 Å². The maximum Gasteiger partial charge on any atom is 0.243 e. The molecule has 0 aliphatic carbocycles. The molecule has 2 aromatic rings. The van der Waals surface area contributed by atoms with Crippen LogP contribution in [0.2, 0.25) is 0 Å². The fraction of sp³-hybridized carbons (Fsp3) is 0.524. The second kappa shape index (κ2) is 9.03. The maximum absolute atomic E-state index is 12.9. The number of carbonyl (C=O) groups is 1. The lowest BCUT2D eigenvalue weighted by molar-refractivity contribution is -0.121. The van der Waals surface area contributed by atoms with E-state index in [0.717, 1.165) is 55.8 Å². The average Bonchev–Trinajstić information content (AvgIpc) is 3.29. The van der Waals surface area contributed by atoms with Crippen molar-refractivity contribution in [1.82, 2.24) is 14.2 Å². The normalized spacial score (nSPS) is 21.5. The first-order valence-corrected chi connectivity index (χ1v) is 12.7. The Kier molecular flexibility index (Phi) is 6.40. The number of piperidine rings is 2. The van der Waals surface area contributed by atoms with E-state index >= 15 is 0 Å². The molecule has 1 aromatic carbocycles. The van der Waals surface area contributed by atoms with Crippen LogP contribution in [0.3, 0.4) is 0 Å². The second-order valence-electron chi connectivity index (χ2n) is 7.82. The topological polar surface area (TPSA) is 79.8 Å². The fourth-order valence-electron chi connectivity index (χ4n) is 4.28. The van der Waals surface area contributed by atoms with Gasteiger partial charge in [0.15, 0.2) is 0 Å². The van der Waals surface area contributed by atoms with Crippen LogP contribution in [0.25, 0.3) is 0 Å². The molecule has 1 unspecified atom stereocenters. The lowest BCUT2D eigenvalue weighted by Gasteiger charge is -2.32. The first-order chi connectivity index (χ1) is 14.5. The molecule has 0 N–H and O–H groups in total. The van der Waals surface area contributed by atoms with Gasteiger partial charge in [-0.25, -0.2) is 13.4 Å².